The van der Waals surface area contributed by atoms with Gasteiger partial charge in [-0.2, -0.15) is 11.8 Å². The zero-order valence-electron chi connectivity index (χ0n) is 12.8. The van der Waals surface area contributed by atoms with Gasteiger partial charge in [0.15, 0.2) is 0 Å². The first-order chi connectivity index (χ1) is 10.3. The Morgan fingerprint density at radius 1 is 1.43 bits per heavy atom. The van der Waals surface area contributed by atoms with Gasteiger partial charge in [-0.25, -0.2) is 0 Å². The van der Waals surface area contributed by atoms with E-state index >= 15 is 0 Å². The number of hydrogen-bond acceptors (Lipinski definition) is 4. The van der Waals surface area contributed by atoms with Crippen LogP contribution in [0, 0.1) is 0 Å². The number of nitrogens with one attached hydrogen (secondary N) is 1. The van der Waals surface area contributed by atoms with Gasteiger partial charge >= 0.3 is 0 Å². The first kappa shape index (κ1) is 15.2. The highest BCUT2D eigenvalue weighted by Crippen LogP contribution is 2.39. The van der Waals surface area contributed by atoms with Crippen LogP contribution in [0.3, 0.4) is 0 Å². The van der Waals surface area contributed by atoms with Crippen LogP contribution in [0.4, 0.5) is 5.69 Å². The molecule has 1 N–H and O–H groups in total. The first-order valence-electron chi connectivity index (χ1n) is 7.86. The fourth-order valence-corrected chi connectivity index (χ4v) is 4.70. The molecule has 1 spiro atoms. The molecule has 0 aromatic heterocycles. The highest BCUT2D eigenvalue weighted by molar-refractivity contribution is 7.99. The molecular weight excluding hydrogens is 282 g/mol. The van der Waals surface area contributed by atoms with Crippen LogP contribution in [0.1, 0.15) is 24.8 Å². The topological polar surface area (TPSA) is 30.5 Å². The Balaban J connectivity index is 1.65. The maximum absolute atomic E-state index is 6.11. The molecule has 2 atom stereocenters. The fourth-order valence-electron chi connectivity index (χ4n) is 3.33. The predicted octanol–water partition coefficient (Wildman–Crippen LogP) is 3.34. The third-order valence-electron chi connectivity index (χ3n) is 4.51. The van der Waals surface area contributed by atoms with Gasteiger partial charge in [-0.05, 0) is 43.1 Å². The van der Waals surface area contributed by atoms with Crippen LogP contribution < -0.4 is 5.32 Å². The lowest BCUT2D eigenvalue weighted by Crippen LogP contribution is -2.44. The van der Waals surface area contributed by atoms with E-state index in [4.69, 9.17) is 9.47 Å². The summed E-state index contributed by atoms with van der Waals surface area (Å²) in [6.07, 6.45) is 4.41. The van der Waals surface area contributed by atoms with Crippen molar-refractivity contribution >= 4 is 17.4 Å². The largest absolute Gasteiger partial charge is 0.384 e. The van der Waals surface area contributed by atoms with Crippen molar-refractivity contribution in [3.63, 3.8) is 0 Å². The summed E-state index contributed by atoms with van der Waals surface area (Å²) in [4.78, 5) is 0. The van der Waals surface area contributed by atoms with Gasteiger partial charge in [-0.1, -0.05) is 18.2 Å². The Labute approximate surface area is 131 Å². The summed E-state index contributed by atoms with van der Waals surface area (Å²) in [5.74, 6) is 2.41. The van der Waals surface area contributed by atoms with Gasteiger partial charge < -0.3 is 14.8 Å². The molecule has 116 valence electrons. The van der Waals surface area contributed by atoms with E-state index in [0.717, 1.165) is 38.2 Å². The third kappa shape index (κ3) is 3.74. The standard InChI is InChI=1S/C17H25NO2S/c1-19-9-6-14-4-2-3-5-16(14)18-15-7-10-20-17(12-15)8-11-21-13-17/h2-5,15,18H,6-13H2,1H3. The number of ether oxygens (including phenoxy) is 2. The Kier molecular flexibility index (Phi) is 5.09. The second-order valence-corrected chi connectivity index (χ2v) is 7.17. The molecule has 2 heterocycles. The minimum absolute atomic E-state index is 0.141. The SMILES string of the molecule is COCCc1ccccc1NC1CCOC2(CCSC2)C1. The highest BCUT2D eigenvalue weighted by Gasteiger charge is 2.40. The molecule has 0 amide bonds. The molecule has 4 heteroatoms. The minimum Gasteiger partial charge on any atom is -0.384 e. The summed E-state index contributed by atoms with van der Waals surface area (Å²) in [7, 11) is 1.76. The Morgan fingerprint density at radius 2 is 2.33 bits per heavy atom. The molecule has 2 aliphatic rings. The van der Waals surface area contributed by atoms with Crippen molar-refractivity contribution in [1.29, 1.82) is 0 Å². The lowest BCUT2D eigenvalue weighted by atomic mass is 9.89. The van der Waals surface area contributed by atoms with E-state index in [2.05, 4.69) is 29.6 Å². The number of rotatable bonds is 5. The molecule has 2 saturated heterocycles. The van der Waals surface area contributed by atoms with Crippen LogP contribution in [0.2, 0.25) is 0 Å². The average molecular weight is 307 g/mol. The number of benzene rings is 1. The molecule has 3 rings (SSSR count). The smallest absolute Gasteiger partial charge is 0.0799 e. The van der Waals surface area contributed by atoms with Crippen molar-refractivity contribution in [1.82, 2.24) is 0 Å². The van der Waals surface area contributed by atoms with E-state index in [0.29, 0.717) is 6.04 Å². The summed E-state index contributed by atoms with van der Waals surface area (Å²) >= 11 is 2.03. The molecule has 0 bridgehead atoms. The summed E-state index contributed by atoms with van der Waals surface area (Å²) < 4.78 is 11.3. The van der Waals surface area contributed by atoms with Crippen molar-refractivity contribution in [2.75, 3.05) is 37.1 Å². The molecule has 0 radical (unpaired) electrons. The molecule has 2 fully saturated rings. The van der Waals surface area contributed by atoms with Gasteiger partial charge in [-0.15, -0.1) is 0 Å². The van der Waals surface area contributed by atoms with Gasteiger partial charge in [0, 0.05) is 31.2 Å². The lowest BCUT2D eigenvalue weighted by molar-refractivity contribution is -0.0628. The van der Waals surface area contributed by atoms with E-state index in [1.54, 1.807) is 7.11 Å². The Hall–Kier alpha value is -0.710. The van der Waals surface area contributed by atoms with Crippen molar-refractivity contribution in [2.24, 2.45) is 0 Å². The fraction of sp³-hybridized carbons (Fsp3) is 0.647. The number of thioether (sulfide) groups is 1. The van der Waals surface area contributed by atoms with Gasteiger partial charge in [0.25, 0.3) is 0 Å². The second-order valence-electron chi connectivity index (χ2n) is 6.07. The van der Waals surface area contributed by atoms with Gasteiger partial charge in [0.05, 0.1) is 12.2 Å². The zero-order chi connectivity index (χ0) is 14.5. The van der Waals surface area contributed by atoms with Crippen LogP contribution in [-0.4, -0.2) is 43.5 Å². The predicted molar refractivity (Wildman–Crippen MR) is 89.3 cm³/mol. The maximum atomic E-state index is 6.11. The number of anilines is 1. The monoisotopic (exact) mass is 307 g/mol. The van der Waals surface area contributed by atoms with Crippen molar-refractivity contribution in [2.45, 2.75) is 37.3 Å². The minimum atomic E-state index is 0.141. The van der Waals surface area contributed by atoms with E-state index in [9.17, 15) is 0 Å². The quantitative estimate of drug-likeness (QED) is 0.904. The molecule has 0 aliphatic carbocycles. The molecule has 2 aliphatic heterocycles. The van der Waals surface area contributed by atoms with Crippen LogP contribution in [0.15, 0.2) is 24.3 Å². The van der Waals surface area contributed by atoms with Gasteiger partial charge in [-0.3, -0.25) is 0 Å². The lowest BCUT2D eigenvalue weighted by Gasteiger charge is -2.38. The van der Waals surface area contributed by atoms with Crippen LogP contribution >= 0.6 is 11.8 Å². The van der Waals surface area contributed by atoms with Gasteiger partial charge in [0.2, 0.25) is 0 Å². The number of para-hydroxylation sites is 1. The normalized spacial score (nSPS) is 28.9. The van der Waals surface area contributed by atoms with Crippen molar-refractivity contribution < 1.29 is 9.47 Å². The van der Waals surface area contributed by atoms with Crippen LogP contribution in [0.5, 0.6) is 0 Å². The Morgan fingerprint density at radius 3 is 3.14 bits per heavy atom. The van der Waals surface area contributed by atoms with Crippen molar-refractivity contribution in [3.8, 4) is 0 Å². The van der Waals surface area contributed by atoms with Crippen LogP contribution in [-0.2, 0) is 15.9 Å². The Bertz CT molecular complexity index is 460. The van der Waals surface area contributed by atoms with E-state index < -0.39 is 0 Å². The summed E-state index contributed by atoms with van der Waals surface area (Å²) in [6, 6.07) is 9.13. The van der Waals surface area contributed by atoms with E-state index in [-0.39, 0.29) is 5.60 Å². The summed E-state index contributed by atoms with van der Waals surface area (Å²) in [5, 5.41) is 3.76. The van der Waals surface area contributed by atoms with Crippen molar-refractivity contribution in [3.05, 3.63) is 29.8 Å². The maximum Gasteiger partial charge on any atom is 0.0799 e. The summed E-state index contributed by atoms with van der Waals surface area (Å²) in [5.41, 5.74) is 2.75. The molecule has 2 unspecified atom stereocenters. The molecule has 3 nitrogen and oxygen atoms in total. The van der Waals surface area contributed by atoms with E-state index in [1.165, 1.54) is 23.4 Å². The molecule has 1 aromatic rings. The number of hydrogen-bond donors (Lipinski definition) is 1. The molecule has 21 heavy (non-hydrogen) atoms. The second kappa shape index (κ2) is 7.03. The van der Waals surface area contributed by atoms with E-state index in [1.807, 2.05) is 11.8 Å². The molecular formula is C17H25NO2S. The number of methoxy groups -OCH3 is 1. The van der Waals surface area contributed by atoms with Crippen LogP contribution in [0.25, 0.3) is 0 Å². The summed E-state index contributed by atoms with van der Waals surface area (Å²) in [6.45, 7) is 1.66. The molecule has 1 aromatic carbocycles. The average Bonchev–Trinajstić information content (AvgIpc) is 2.94. The van der Waals surface area contributed by atoms with Gasteiger partial charge in [0.1, 0.15) is 0 Å². The first-order valence-corrected chi connectivity index (χ1v) is 9.02. The third-order valence-corrected chi connectivity index (χ3v) is 5.74. The zero-order valence-corrected chi connectivity index (χ0v) is 13.6. The highest BCUT2D eigenvalue weighted by atomic mass is 32.2. The molecule has 0 saturated carbocycles.